The number of carbonyl (C=O) groups is 1. The minimum absolute atomic E-state index is 0.0297. The third kappa shape index (κ3) is 7.65. The Morgan fingerprint density at radius 2 is 1.79 bits per heavy atom. The Balaban J connectivity index is 1.45. The molecule has 0 aliphatic carbocycles. The van der Waals surface area contributed by atoms with E-state index in [1.54, 1.807) is 19.1 Å². The van der Waals surface area contributed by atoms with E-state index < -0.39 is 0 Å². The van der Waals surface area contributed by atoms with Crippen molar-refractivity contribution in [1.82, 2.24) is 9.21 Å². The van der Waals surface area contributed by atoms with Crippen molar-refractivity contribution in [2.45, 2.75) is 44.9 Å². The molecule has 1 heterocycles. The molecule has 2 N–H and O–H groups in total. The van der Waals surface area contributed by atoms with Gasteiger partial charge in [-0.1, -0.05) is 0 Å². The van der Waals surface area contributed by atoms with E-state index in [-0.39, 0.29) is 5.91 Å². The fourth-order valence-electron chi connectivity index (χ4n) is 4.32. The largest absolute Gasteiger partial charge is 0.497 e. The van der Waals surface area contributed by atoms with Crippen molar-refractivity contribution < 1.29 is 9.53 Å². The molecule has 0 spiro atoms. The molecule has 34 heavy (non-hydrogen) atoms. The number of hydrogen-bond donors (Lipinski definition) is 2. The molecule has 2 aromatic rings. The summed E-state index contributed by atoms with van der Waals surface area (Å²) in [7, 11) is 5.91. The van der Waals surface area contributed by atoms with Crippen LogP contribution in [-0.4, -0.2) is 62.5 Å². The van der Waals surface area contributed by atoms with Gasteiger partial charge in [-0.3, -0.25) is 4.79 Å². The lowest BCUT2D eigenvalue weighted by Gasteiger charge is -2.29. The molecule has 0 saturated carbocycles. The van der Waals surface area contributed by atoms with Crippen molar-refractivity contribution in [1.29, 1.82) is 0 Å². The second-order valence-corrected chi connectivity index (χ2v) is 10.7. The van der Waals surface area contributed by atoms with E-state index in [1.165, 1.54) is 42.0 Å². The highest BCUT2D eigenvalue weighted by atomic mass is 32.2. The zero-order chi connectivity index (χ0) is 24.7. The van der Waals surface area contributed by atoms with Crippen LogP contribution >= 0.6 is 11.9 Å². The standard InChI is InChI=1S/C27H40N4O2S/c1-19-15-23(7-8-25(19)28-18-22-9-12-30(4)13-10-22)29-26(32)11-14-31(5)34-27-20(2)16-24(33-6)17-21(27)3/h7-8,15-17,22,28H,9-14,18H2,1-6H3,(H,29,32). The maximum absolute atomic E-state index is 12.6. The summed E-state index contributed by atoms with van der Waals surface area (Å²) in [6.07, 6.45) is 2.94. The Bertz CT molecular complexity index is 950. The summed E-state index contributed by atoms with van der Waals surface area (Å²) >= 11 is 1.67. The first-order valence-electron chi connectivity index (χ1n) is 12.1. The van der Waals surface area contributed by atoms with Crippen LogP contribution < -0.4 is 15.4 Å². The first kappa shape index (κ1) is 26.4. The molecule has 2 aromatic carbocycles. The van der Waals surface area contributed by atoms with Gasteiger partial charge in [-0.05, 0) is 126 Å². The molecule has 0 atom stereocenters. The molecule has 0 unspecified atom stereocenters. The lowest BCUT2D eigenvalue weighted by atomic mass is 9.97. The number of nitrogens with zero attached hydrogens (tertiary/aromatic N) is 2. The number of methoxy groups -OCH3 is 1. The number of hydrogen-bond acceptors (Lipinski definition) is 6. The predicted octanol–water partition coefficient (Wildman–Crippen LogP) is 5.34. The summed E-state index contributed by atoms with van der Waals surface area (Å²) < 4.78 is 7.46. The number of aryl methyl sites for hydroxylation is 3. The molecule has 186 valence electrons. The fourth-order valence-corrected chi connectivity index (χ4v) is 5.22. The van der Waals surface area contributed by atoms with Crippen LogP contribution in [-0.2, 0) is 4.79 Å². The van der Waals surface area contributed by atoms with Crippen LogP contribution in [0.1, 0.15) is 36.0 Å². The zero-order valence-electron chi connectivity index (χ0n) is 21.5. The van der Waals surface area contributed by atoms with Gasteiger partial charge in [0.15, 0.2) is 0 Å². The van der Waals surface area contributed by atoms with Gasteiger partial charge in [0.2, 0.25) is 5.91 Å². The molecule has 0 radical (unpaired) electrons. The average Bonchev–Trinajstić information content (AvgIpc) is 2.80. The summed E-state index contributed by atoms with van der Waals surface area (Å²) in [6, 6.07) is 10.2. The maximum Gasteiger partial charge on any atom is 0.225 e. The molecule has 1 fully saturated rings. The number of ether oxygens (including phenoxy) is 1. The number of piperidine rings is 1. The first-order valence-corrected chi connectivity index (χ1v) is 12.9. The van der Waals surface area contributed by atoms with Crippen molar-refractivity contribution >= 4 is 29.2 Å². The number of amides is 1. The third-order valence-corrected chi connectivity index (χ3v) is 7.82. The third-order valence-electron chi connectivity index (χ3n) is 6.50. The van der Waals surface area contributed by atoms with Crippen molar-refractivity contribution in [3.8, 4) is 5.75 Å². The number of carbonyl (C=O) groups excluding carboxylic acids is 1. The van der Waals surface area contributed by atoms with E-state index >= 15 is 0 Å². The molecule has 1 amide bonds. The minimum Gasteiger partial charge on any atom is -0.497 e. The Hall–Kier alpha value is -2.22. The normalized spacial score (nSPS) is 14.9. The Morgan fingerprint density at radius 3 is 2.41 bits per heavy atom. The van der Waals surface area contributed by atoms with E-state index in [4.69, 9.17) is 4.74 Å². The highest BCUT2D eigenvalue weighted by Crippen LogP contribution is 2.32. The van der Waals surface area contributed by atoms with Crippen LogP contribution in [0.15, 0.2) is 35.2 Å². The molecule has 0 bridgehead atoms. The van der Waals surface area contributed by atoms with Gasteiger partial charge in [0.05, 0.1) is 7.11 Å². The SMILES string of the molecule is COc1cc(C)c(SN(C)CCC(=O)Nc2ccc(NCC3CCN(C)CC3)c(C)c2)c(C)c1. The predicted molar refractivity (Wildman–Crippen MR) is 144 cm³/mol. The summed E-state index contributed by atoms with van der Waals surface area (Å²) in [5.74, 6) is 1.64. The monoisotopic (exact) mass is 484 g/mol. The molecule has 1 saturated heterocycles. The quantitative estimate of drug-likeness (QED) is 0.444. The molecule has 3 rings (SSSR count). The number of benzene rings is 2. The van der Waals surface area contributed by atoms with Crippen LogP contribution in [0.3, 0.4) is 0 Å². The van der Waals surface area contributed by atoms with Crippen LogP contribution in [0, 0.1) is 26.7 Å². The maximum atomic E-state index is 12.6. The summed E-state index contributed by atoms with van der Waals surface area (Å²) in [5, 5.41) is 6.66. The topological polar surface area (TPSA) is 56.8 Å². The van der Waals surface area contributed by atoms with Crippen LogP contribution in [0.5, 0.6) is 5.75 Å². The second kappa shape index (κ2) is 12.5. The Kier molecular flexibility index (Phi) is 9.68. The van der Waals surface area contributed by atoms with Gasteiger partial charge in [-0.25, -0.2) is 4.31 Å². The fraction of sp³-hybridized carbons (Fsp3) is 0.519. The van der Waals surface area contributed by atoms with Crippen molar-refractivity contribution in [2.24, 2.45) is 5.92 Å². The Morgan fingerprint density at radius 1 is 1.12 bits per heavy atom. The van der Waals surface area contributed by atoms with Crippen LogP contribution in [0.4, 0.5) is 11.4 Å². The summed E-state index contributed by atoms with van der Waals surface area (Å²) in [6.45, 7) is 10.3. The number of nitrogens with one attached hydrogen (secondary N) is 2. The highest BCUT2D eigenvalue weighted by Gasteiger charge is 2.17. The lowest BCUT2D eigenvalue weighted by Crippen LogP contribution is -2.33. The summed E-state index contributed by atoms with van der Waals surface area (Å²) in [4.78, 5) is 16.2. The van der Waals surface area contributed by atoms with Crippen molar-refractivity contribution in [3.05, 3.63) is 47.0 Å². The molecule has 0 aromatic heterocycles. The van der Waals surface area contributed by atoms with E-state index in [9.17, 15) is 4.79 Å². The molecule has 1 aliphatic rings. The van der Waals surface area contributed by atoms with Gasteiger partial charge in [0, 0.05) is 35.8 Å². The van der Waals surface area contributed by atoms with Crippen molar-refractivity contribution in [2.75, 3.05) is 58.0 Å². The van der Waals surface area contributed by atoms with E-state index in [0.717, 1.165) is 35.2 Å². The summed E-state index contributed by atoms with van der Waals surface area (Å²) in [5.41, 5.74) is 5.52. The average molecular weight is 485 g/mol. The zero-order valence-corrected chi connectivity index (χ0v) is 22.3. The minimum atomic E-state index is 0.0297. The van der Waals surface area contributed by atoms with E-state index in [2.05, 4.69) is 59.8 Å². The van der Waals surface area contributed by atoms with E-state index in [0.29, 0.717) is 13.0 Å². The number of rotatable bonds is 10. The molecule has 1 aliphatic heterocycles. The van der Waals surface area contributed by atoms with Crippen LogP contribution in [0.2, 0.25) is 0 Å². The van der Waals surface area contributed by atoms with Crippen LogP contribution in [0.25, 0.3) is 0 Å². The van der Waals surface area contributed by atoms with Gasteiger partial charge in [0.1, 0.15) is 5.75 Å². The lowest BCUT2D eigenvalue weighted by molar-refractivity contribution is -0.116. The smallest absolute Gasteiger partial charge is 0.225 e. The van der Waals surface area contributed by atoms with E-state index in [1.807, 2.05) is 25.2 Å². The first-order chi connectivity index (χ1) is 16.2. The van der Waals surface area contributed by atoms with Gasteiger partial charge in [-0.15, -0.1) is 0 Å². The number of anilines is 2. The second-order valence-electron chi connectivity index (χ2n) is 9.49. The van der Waals surface area contributed by atoms with Gasteiger partial charge < -0.3 is 20.3 Å². The van der Waals surface area contributed by atoms with Gasteiger partial charge >= 0.3 is 0 Å². The van der Waals surface area contributed by atoms with Gasteiger partial charge in [-0.2, -0.15) is 0 Å². The van der Waals surface area contributed by atoms with Gasteiger partial charge in [0.25, 0.3) is 0 Å². The molecular formula is C27H40N4O2S. The molecule has 6 nitrogen and oxygen atoms in total. The molecule has 7 heteroatoms. The van der Waals surface area contributed by atoms with Crippen molar-refractivity contribution in [3.63, 3.8) is 0 Å². The molecular weight excluding hydrogens is 444 g/mol. The number of likely N-dealkylation sites (tertiary alicyclic amines) is 1. The highest BCUT2D eigenvalue weighted by molar-refractivity contribution is 7.97. The Labute approximate surface area is 209 Å².